The Kier molecular flexibility index (Phi) is 3.64. The molecule has 0 saturated heterocycles. The first-order valence-corrected chi connectivity index (χ1v) is 6.24. The average molecular weight is 235 g/mol. The first-order chi connectivity index (χ1) is 8.09. The molecule has 0 radical (unpaired) electrons. The lowest BCUT2D eigenvalue weighted by Gasteiger charge is -2.27. The lowest BCUT2D eigenvalue weighted by molar-refractivity contribution is 0.158. The van der Waals surface area contributed by atoms with Crippen molar-refractivity contribution in [3.63, 3.8) is 0 Å². The van der Waals surface area contributed by atoms with Gasteiger partial charge < -0.3 is 16.2 Å². The van der Waals surface area contributed by atoms with Gasteiger partial charge in [-0.3, -0.25) is 0 Å². The largest absolute Gasteiger partial charge is 0.387 e. The molecular formula is C13H21N3O. The van der Waals surface area contributed by atoms with Crippen LogP contribution in [0.3, 0.4) is 0 Å². The number of hydrogen-bond acceptors (Lipinski definition) is 4. The van der Waals surface area contributed by atoms with Gasteiger partial charge in [0, 0.05) is 23.8 Å². The van der Waals surface area contributed by atoms with Gasteiger partial charge in [0.05, 0.1) is 6.10 Å². The van der Waals surface area contributed by atoms with Crippen LogP contribution in [0.5, 0.6) is 0 Å². The second-order valence-electron chi connectivity index (χ2n) is 5.18. The Morgan fingerprint density at radius 2 is 2.18 bits per heavy atom. The predicted molar refractivity (Wildman–Crippen MR) is 68.5 cm³/mol. The molecule has 4 heteroatoms. The van der Waals surface area contributed by atoms with Crippen LogP contribution >= 0.6 is 0 Å². The number of nitrogens with zero attached hydrogens (tertiary/aromatic N) is 1. The molecule has 1 aromatic heterocycles. The SMILES string of the molecule is CC1(NCC(O)c2ccc(N)nc2)CCCC1. The minimum Gasteiger partial charge on any atom is -0.387 e. The fraction of sp³-hybridized carbons (Fsp3) is 0.615. The van der Waals surface area contributed by atoms with Gasteiger partial charge in [0.2, 0.25) is 0 Å². The topological polar surface area (TPSA) is 71.2 Å². The Bertz CT molecular complexity index is 357. The van der Waals surface area contributed by atoms with Crippen molar-refractivity contribution in [1.82, 2.24) is 10.3 Å². The zero-order valence-corrected chi connectivity index (χ0v) is 10.3. The maximum absolute atomic E-state index is 10.0. The number of nitrogens with two attached hydrogens (primary N) is 1. The molecular weight excluding hydrogens is 214 g/mol. The van der Waals surface area contributed by atoms with Gasteiger partial charge in [0.15, 0.2) is 0 Å². The van der Waals surface area contributed by atoms with Crippen molar-refractivity contribution < 1.29 is 5.11 Å². The van der Waals surface area contributed by atoms with E-state index >= 15 is 0 Å². The molecule has 0 aliphatic heterocycles. The van der Waals surface area contributed by atoms with E-state index in [1.807, 2.05) is 6.07 Å². The second-order valence-corrected chi connectivity index (χ2v) is 5.18. The van der Waals surface area contributed by atoms with E-state index in [0.717, 1.165) is 5.56 Å². The van der Waals surface area contributed by atoms with Crippen LogP contribution in [0.2, 0.25) is 0 Å². The normalized spacial score (nSPS) is 20.4. The molecule has 4 nitrogen and oxygen atoms in total. The summed E-state index contributed by atoms with van der Waals surface area (Å²) in [6.45, 7) is 2.80. The molecule has 0 aromatic carbocycles. The summed E-state index contributed by atoms with van der Waals surface area (Å²) in [4.78, 5) is 3.99. The Morgan fingerprint density at radius 1 is 1.47 bits per heavy atom. The zero-order valence-electron chi connectivity index (χ0n) is 10.3. The number of aliphatic hydroxyl groups is 1. The number of aliphatic hydroxyl groups excluding tert-OH is 1. The Morgan fingerprint density at radius 3 is 2.76 bits per heavy atom. The van der Waals surface area contributed by atoms with Crippen molar-refractivity contribution in [3.05, 3.63) is 23.9 Å². The molecule has 1 aliphatic carbocycles. The van der Waals surface area contributed by atoms with Crippen molar-refractivity contribution in [1.29, 1.82) is 0 Å². The minimum atomic E-state index is -0.513. The molecule has 1 aliphatic rings. The number of aromatic nitrogens is 1. The van der Waals surface area contributed by atoms with Crippen molar-refractivity contribution in [2.45, 2.75) is 44.2 Å². The fourth-order valence-corrected chi connectivity index (χ4v) is 2.41. The summed E-state index contributed by atoms with van der Waals surface area (Å²) < 4.78 is 0. The van der Waals surface area contributed by atoms with Gasteiger partial charge in [0.1, 0.15) is 5.82 Å². The minimum absolute atomic E-state index is 0.197. The van der Waals surface area contributed by atoms with E-state index in [2.05, 4.69) is 17.2 Å². The van der Waals surface area contributed by atoms with E-state index in [9.17, 15) is 5.11 Å². The summed E-state index contributed by atoms with van der Waals surface area (Å²) in [5.74, 6) is 0.483. The molecule has 0 amide bonds. The van der Waals surface area contributed by atoms with Crippen molar-refractivity contribution in [2.24, 2.45) is 0 Å². The van der Waals surface area contributed by atoms with Gasteiger partial charge >= 0.3 is 0 Å². The Labute approximate surface area is 102 Å². The highest BCUT2D eigenvalue weighted by Crippen LogP contribution is 2.29. The zero-order chi connectivity index (χ0) is 12.3. The van der Waals surface area contributed by atoms with Crippen LogP contribution in [0.4, 0.5) is 5.82 Å². The third-order valence-electron chi connectivity index (χ3n) is 3.62. The van der Waals surface area contributed by atoms with Gasteiger partial charge in [-0.15, -0.1) is 0 Å². The summed E-state index contributed by atoms with van der Waals surface area (Å²) in [7, 11) is 0. The van der Waals surface area contributed by atoms with E-state index in [-0.39, 0.29) is 5.54 Å². The quantitative estimate of drug-likeness (QED) is 0.741. The van der Waals surface area contributed by atoms with Crippen LogP contribution in [0, 0.1) is 0 Å². The lowest BCUT2D eigenvalue weighted by atomic mass is 10.00. The van der Waals surface area contributed by atoms with E-state index in [4.69, 9.17) is 5.73 Å². The number of β-amino-alcohol motifs (C(OH)–C–C–N with tert-alkyl or cyclic N) is 1. The second kappa shape index (κ2) is 5.02. The van der Waals surface area contributed by atoms with E-state index in [1.165, 1.54) is 25.7 Å². The molecule has 4 N–H and O–H groups in total. The third kappa shape index (κ3) is 3.17. The molecule has 2 rings (SSSR count). The summed E-state index contributed by atoms with van der Waals surface area (Å²) in [6, 6.07) is 3.54. The number of rotatable bonds is 4. The highest BCUT2D eigenvalue weighted by Gasteiger charge is 2.28. The molecule has 1 fully saturated rings. The molecule has 1 unspecified atom stereocenters. The first kappa shape index (κ1) is 12.3. The monoisotopic (exact) mass is 235 g/mol. The number of nitrogens with one attached hydrogen (secondary N) is 1. The molecule has 1 aromatic rings. The molecule has 0 bridgehead atoms. The number of nitrogen functional groups attached to an aromatic ring is 1. The average Bonchev–Trinajstić information content (AvgIpc) is 2.75. The fourth-order valence-electron chi connectivity index (χ4n) is 2.41. The standard InChI is InChI=1S/C13H21N3O/c1-13(6-2-3-7-13)16-9-11(17)10-4-5-12(14)15-8-10/h4-5,8,11,16-17H,2-3,6-7,9H2,1H3,(H2,14,15). The summed E-state index contributed by atoms with van der Waals surface area (Å²) in [6.07, 6.45) is 6.07. The Hall–Kier alpha value is -1.13. The van der Waals surface area contributed by atoms with Crippen LogP contribution in [0.25, 0.3) is 0 Å². The van der Waals surface area contributed by atoms with Gasteiger partial charge in [0.25, 0.3) is 0 Å². The van der Waals surface area contributed by atoms with Gasteiger partial charge in [-0.1, -0.05) is 18.9 Å². The maximum Gasteiger partial charge on any atom is 0.123 e. The van der Waals surface area contributed by atoms with Crippen LogP contribution in [-0.4, -0.2) is 22.2 Å². The molecule has 1 atom stereocenters. The van der Waals surface area contributed by atoms with Crippen molar-refractivity contribution >= 4 is 5.82 Å². The van der Waals surface area contributed by atoms with Crippen molar-refractivity contribution in [3.8, 4) is 0 Å². The van der Waals surface area contributed by atoms with E-state index in [1.54, 1.807) is 12.3 Å². The molecule has 1 saturated carbocycles. The maximum atomic E-state index is 10.0. The van der Waals surface area contributed by atoms with E-state index in [0.29, 0.717) is 12.4 Å². The third-order valence-corrected chi connectivity index (χ3v) is 3.62. The smallest absolute Gasteiger partial charge is 0.123 e. The summed E-state index contributed by atoms with van der Waals surface area (Å²) >= 11 is 0. The highest BCUT2D eigenvalue weighted by atomic mass is 16.3. The first-order valence-electron chi connectivity index (χ1n) is 6.24. The molecule has 0 spiro atoms. The van der Waals surface area contributed by atoms with Crippen LogP contribution < -0.4 is 11.1 Å². The van der Waals surface area contributed by atoms with Crippen molar-refractivity contribution in [2.75, 3.05) is 12.3 Å². The van der Waals surface area contributed by atoms with E-state index < -0.39 is 6.10 Å². The number of anilines is 1. The number of hydrogen-bond donors (Lipinski definition) is 3. The lowest BCUT2D eigenvalue weighted by Crippen LogP contribution is -2.41. The summed E-state index contributed by atoms with van der Waals surface area (Å²) in [5.41, 5.74) is 6.52. The molecule has 1 heterocycles. The Balaban J connectivity index is 1.88. The van der Waals surface area contributed by atoms with Crippen LogP contribution in [0.1, 0.15) is 44.3 Å². The van der Waals surface area contributed by atoms with Crippen LogP contribution in [0.15, 0.2) is 18.3 Å². The van der Waals surface area contributed by atoms with Gasteiger partial charge in [-0.25, -0.2) is 4.98 Å². The molecule has 94 valence electrons. The van der Waals surface area contributed by atoms with Crippen LogP contribution in [-0.2, 0) is 0 Å². The highest BCUT2D eigenvalue weighted by molar-refractivity contribution is 5.30. The molecule has 17 heavy (non-hydrogen) atoms. The number of pyridine rings is 1. The summed E-state index contributed by atoms with van der Waals surface area (Å²) in [5, 5.41) is 13.5. The van der Waals surface area contributed by atoms with Gasteiger partial charge in [-0.2, -0.15) is 0 Å². The van der Waals surface area contributed by atoms with Gasteiger partial charge in [-0.05, 0) is 25.8 Å². The predicted octanol–water partition coefficient (Wildman–Crippen LogP) is 1.62.